The molecule has 1 fully saturated rings. The van der Waals surface area contributed by atoms with Crippen LogP contribution in [0.15, 0.2) is 11.6 Å². The Hall–Kier alpha value is -0.830. The van der Waals surface area contributed by atoms with E-state index >= 15 is 0 Å². The molecule has 0 saturated carbocycles. The summed E-state index contributed by atoms with van der Waals surface area (Å²) in [5, 5.41) is 0. The number of rotatable bonds is 4. The smallest absolute Gasteiger partial charge is 0.226 e. The number of carbonyl (C=O) groups excluding carboxylic acids is 1. The zero-order valence-corrected chi connectivity index (χ0v) is 11.4. The van der Waals surface area contributed by atoms with Gasteiger partial charge in [-0.2, -0.15) is 0 Å². The molecule has 0 atom stereocenters. The van der Waals surface area contributed by atoms with Crippen LogP contribution in [-0.2, 0) is 4.79 Å². The zero-order chi connectivity index (χ0) is 12.8. The summed E-state index contributed by atoms with van der Waals surface area (Å²) in [7, 11) is 0. The van der Waals surface area contributed by atoms with Crippen LogP contribution in [0, 0.1) is 5.92 Å². The van der Waals surface area contributed by atoms with Gasteiger partial charge < -0.3 is 10.6 Å². The number of nitrogens with two attached hydrogens (primary N) is 1. The van der Waals surface area contributed by atoms with Crippen LogP contribution >= 0.6 is 0 Å². The van der Waals surface area contributed by atoms with Crippen LogP contribution in [0.25, 0.3) is 0 Å². The zero-order valence-electron chi connectivity index (χ0n) is 11.4. The van der Waals surface area contributed by atoms with Crippen molar-refractivity contribution in [3.05, 3.63) is 11.6 Å². The maximum Gasteiger partial charge on any atom is 0.226 e. The molecule has 0 aromatic rings. The molecule has 0 spiro atoms. The lowest BCUT2D eigenvalue weighted by molar-refractivity contribution is -0.131. The van der Waals surface area contributed by atoms with Gasteiger partial charge in [0.15, 0.2) is 0 Å². The van der Waals surface area contributed by atoms with E-state index in [9.17, 15) is 4.79 Å². The number of amides is 1. The van der Waals surface area contributed by atoms with Crippen molar-refractivity contribution in [3.63, 3.8) is 0 Å². The lowest BCUT2D eigenvalue weighted by Gasteiger charge is -2.32. The Morgan fingerprint density at radius 1 is 1.33 bits per heavy atom. The van der Waals surface area contributed by atoms with Crippen molar-refractivity contribution >= 4 is 5.91 Å². The molecule has 102 valence electrons. The molecule has 0 unspecified atom stereocenters. The standard InChI is InChI=1S/C15H26N2O/c16-9-6-13-7-10-17(11-8-13)15(18)12-14-4-2-1-3-5-14/h4,13H,1-3,5-12,16H2. The van der Waals surface area contributed by atoms with E-state index in [0.717, 1.165) is 51.2 Å². The Bertz CT molecular complexity index is 304. The molecule has 2 aliphatic rings. The number of hydrogen-bond donors (Lipinski definition) is 1. The van der Waals surface area contributed by atoms with Gasteiger partial charge >= 0.3 is 0 Å². The number of piperidine rings is 1. The van der Waals surface area contributed by atoms with Gasteiger partial charge in [0.2, 0.25) is 5.91 Å². The number of carbonyl (C=O) groups is 1. The van der Waals surface area contributed by atoms with Crippen LogP contribution in [0.1, 0.15) is 51.4 Å². The summed E-state index contributed by atoms with van der Waals surface area (Å²) >= 11 is 0. The van der Waals surface area contributed by atoms with Gasteiger partial charge in [0, 0.05) is 19.5 Å². The topological polar surface area (TPSA) is 46.3 Å². The Morgan fingerprint density at radius 2 is 2.11 bits per heavy atom. The number of allylic oxidation sites excluding steroid dienone is 1. The Morgan fingerprint density at radius 3 is 2.72 bits per heavy atom. The largest absolute Gasteiger partial charge is 0.342 e. The molecule has 1 aliphatic heterocycles. The molecule has 2 rings (SSSR count). The first kappa shape index (κ1) is 13.6. The molecule has 3 heteroatoms. The third-order valence-electron chi connectivity index (χ3n) is 4.31. The molecule has 2 N–H and O–H groups in total. The maximum absolute atomic E-state index is 12.2. The molecular formula is C15H26N2O. The minimum absolute atomic E-state index is 0.342. The molecular weight excluding hydrogens is 224 g/mol. The molecule has 1 amide bonds. The summed E-state index contributed by atoms with van der Waals surface area (Å²) in [6, 6.07) is 0. The molecule has 1 aliphatic carbocycles. The summed E-state index contributed by atoms with van der Waals surface area (Å²) < 4.78 is 0. The quantitative estimate of drug-likeness (QED) is 0.779. The Balaban J connectivity index is 1.75. The van der Waals surface area contributed by atoms with E-state index in [1.807, 2.05) is 0 Å². The van der Waals surface area contributed by atoms with Crippen LogP contribution in [0.3, 0.4) is 0 Å². The van der Waals surface area contributed by atoms with Crippen molar-refractivity contribution in [2.75, 3.05) is 19.6 Å². The van der Waals surface area contributed by atoms with Gasteiger partial charge in [-0.3, -0.25) is 4.79 Å². The fraction of sp³-hybridized carbons (Fsp3) is 0.800. The minimum Gasteiger partial charge on any atom is -0.342 e. The fourth-order valence-corrected chi connectivity index (χ4v) is 3.08. The molecule has 0 bridgehead atoms. The van der Waals surface area contributed by atoms with Crippen molar-refractivity contribution in [3.8, 4) is 0 Å². The average Bonchev–Trinajstić information content (AvgIpc) is 2.41. The maximum atomic E-state index is 12.2. The molecule has 0 aromatic heterocycles. The van der Waals surface area contributed by atoms with E-state index in [1.54, 1.807) is 0 Å². The third-order valence-corrected chi connectivity index (χ3v) is 4.31. The highest BCUT2D eigenvalue weighted by Gasteiger charge is 2.22. The van der Waals surface area contributed by atoms with Crippen molar-refractivity contribution in [2.45, 2.75) is 51.4 Å². The third kappa shape index (κ3) is 3.84. The van der Waals surface area contributed by atoms with Crippen LogP contribution in [0.2, 0.25) is 0 Å². The van der Waals surface area contributed by atoms with Gasteiger partial charge in [-0.05, 0) is 57.4 Å². The monoisotopic (exact) mass is 250 g/mol. The second kappa shape index (κ2) is 6.93. The molecule has 3 nitrogen and oxygen atoms in total. The van der Waals surface area contributed by atoms with Crippen LogP contribution < -0.4 is 5.73 Å². The van der Waals surface area contributed by atoms with Crippen LogP contribution in [0.4, 0.5) is 0 Å². The van der Waals surface area contributed by atoms with E-state index in [-0.39, 0.29) is 0 Å². The predicted molar refractivity (Wildman–Crippen MR) is 74.1 cm³/mol. The number of hydrogen-bond acceptors (Lipinski definition) is 2. The molecule has 0 aromatic carbocycles. The van der Waals surface area contributed by atoms with Crippen LogP contribution in [-0.4, -0.2) is 30.4 Å². The lowest BCUT2D eigenvalue weighted by Crippen LogP contribution is -2.39. The molecule has 1 heterocycles. The highest BCUT2D eigenvalue weighted by atomic mass is 16.2. The van der Waals surface area contributed by atoms with Gasteiger partial charge in [-0.1, -0.05) is 11.6 Å². The number of likely N-dealkylation sites (tertiary alicyclic amines) is 1. The molecule has 0 radical (unpaired) electrons. The van der Waals surface area contributed by atoms with Gasteiger partial charge in [0.1, 0.15) is 0 Å². The lowest BCUT2D eigenvalue weighted by atomic mass is 9.92. The highest BCUT2D eigenvalue weighted by molar-refractivity contribution is 5.78. The molecule has 18 heavy (non-hydrogen) atoms. The minimum atomic E-state index is 0.342. The summed E-state index contributed by atoms with van der Waals surface area (Å²) in [6.45, 7) is 2.67. The van der Waals surface area contributed by atoms with Gasteiger partial charge in [0.05, 0.1) is 0 Å². The summed E-state index contributed by atoms with van der Waals surface area (Å²) in [6.07, 6.45) is 11.2. The van der Waals surface area contributed by atoms with E-state index < -0.39 is 0 Å². The van der Waals surface area contributed by atoms with E-state index in [2.05, 4.69) is 11.0 Å². The first-order valence-electron chi connectivity index (χ1n) is 7.45. The van der Waals surface area contributed by atoms with Crippen LogP contribution in [0.5, 0.6) is 0 Å². The Labute approximate surface area is 110 Å². The number of nitrogens with zero attached hydrogens (tertiary/aromatic N) is 1. The van der Waals surface area contributed by atoms with E-state index in [1.165, 1.54) is 24.8 Å². The second-order valence-electron chi connectivity index (χ2n) is 5.69. The van der Waals surface area contributed by atoms with E-state index in [0.29, 0.717) is 12.3 Å². The molecule has 1 saturated heterocycles. The average molecular weight is 250 g/mol. The highest BCUT2D eigenvalue weighted by Crippen LogP contribution is 2.24. The summed E-state index contributed by atoms with van der Waals surface area (Å²) in [4.78, 5) is 14.2. The second-order valence-corrected chi connectivity index (χ2v) is 5.69. The van der Waals surface area contributed by atoms with E-state index in [4.69, 9.17) is 5.73 Å². The van der Waals surface area contributed by atoms with Gasteiger partial charge in [0.25, 0.3) is 0 Å². The van der Waals surface area contributed by atoms with Crippen molar-refractivity contribution in [2.24, 2.45) is 11.7 Å². The predicted octanol–water partition coefficient (Wildman–Crippen LogP) is 2.46. The Kier molecular flexibility index (Phi) is 5.24. The van der Waals surface area contributed by atoms with Gasteiger partial charge in [-0.25, -0.2) is 0 Å². The van der Waals surface area contributed by atoms with Crippen molar-refractivity contribution < 1.29 is 4.79 Å². The fourth-order valence-electron chi connectivity index (χ4n) is 3.08. The van der Waals surface area contributed by atoms with Crippen molar-refractivity contribution in [1.29, 1.82) is 0 Å². The summed E-state index contributed by atoms with van der Waals surface area (Å²) in [5.41, 5.74) is 6.96. The first-order chi connectivity index (χ1) is 8.79. The SMILES string of the molecule is NCCC1CCN(C(=O)CC2=CCCCC2)CC1. The van der Waals surface area contributed by atoms with Crippen molar-refractivity contribution in [1.82, 2.24) is 4.90 Å². The summed E-state index contributed by atoms with van der Waals surface area (Å²) in [5.74, 6) is 1.09. The normalized spacial score (nSPS) is 21.8. The van der Waals surface area contributed by atoms with Gasteiger partial charge in [-0.15, -0.1) is 0 Å². The first-order valence-corrected chi connectivity index (χ1v) is 7.45.